The number of hydrazine groups is 1. The molecule has 0 saturated heterocycles. The zero-order valence-corrected chi connectivity index (χ0v) is 10.3. The van der Waals surface area contributed by atoms with E-state index in [2.05, 4.69) is 5.43 Å². The van der Waals surface area contributed by atoms with Gasteiger partial charge in [0.15, 0.2) is 0 Å². The number of hydrogen-bond donors (Lipinski definition) is 2. The van der Waals surface area contributed by atoms with Gasteiger partial charge in [0.2, 0.25) is 0 Å². The Hall–Kier alpha value is -1.04. The molecule has 5 heteroatoms. The van der Waals surface area contributed by atoms with Gasteiger partial charge in [-0.1, -0.05) is 6.07 Å². The lowest BCUT2D eigenvalue weighted by Crippen LogP contribution is -2.47. The van der Waals surface area contributed by atoms with Crippen LogP contribution in [0, 0.1) is 17.6 Å². The van der Waals surface area contributed by atoms with Crippen molar-refractivity contribution in [1.82, 2.24) is 5.43 Å². The molecule has 0 bridgehead atoms. The lowest BCUT2D eigenvalue weighted by molar-refractivity contribution is 0.0506. The molecule has 3 nitrogen and oxygen atoms in total. The number of hydrogen-bond acceptors (Lipinski definition) is 3. The molecule has 2 unspecified atom stereocenters. The summed E-state index contributed by atoms with van der Waals surface area (Å²) in [6, 6.07) is 3.58. The number of ether oxygens (including phenoxy) is 1. The Morgan fingerprint density at radius 1 is 1.39 bits per heavy atom. The molecule has 0 spiro atoms. The van der Waals surface area contributed by atoms with Gasteiger partial charge in [-0.3, -0.25) is 11.3 Å². The average molecular weight is 256 g/mol. The molecular weight excluding hydrogens is 238 g/mol. The minimum Gasteiger partial charge on any atom is -0.379 e. The van der Waals surface area contributed by atoms with E-state index in [0.717, 1.165) is 12.8 Å². The summed E-state index contributed by atoms with van der Waals surface area (Å²) in [5.41, 5.74) is 2.68. The van der Waals surface area contributed by atoms with Crippen LogP contribution in [0.25, 0.3) is 0 Å². The van der Waals surface area contributed by atoms with Gasteiger partial charge in [-0.15, -0.1) is 0 Å². The highest BCUT2D eigenvalue weighted by Crippen LogP contribution is 2.36. The van der Waals surface area contributed by atoms with Gasteiger partial charge in [-0.2, -0.15) is 0 Å². The van der Waals surface area contributed by atoms with Crippen molar-refractivity contribution in [3.05, 3.63) is 35.4 Å². The van der Waals surface area contributed by atoms with Gasteiger partial charge in [0.25, 0.3) is 0 Å². The molecule has 0 aromatic heterocycles. The number of halogens is 2. The van der Waals surface area contributed by atoms with Crippen LogP contribution in [0.5, 0.6) is 0 Å². The van der Waals surface area contributed by atoms with Crippen molar-refractivity contribution in [2.75, 3.05) is 7.11 Å². The molecule has 0 radical (unpaired) electrons. The Kier molecular flexibility index (Phi) is 4.27. The van der Waals surface area contributed by atoms with Gasteiger partial charge in [0.1, 0.15) is 11.6 Å². The van der Waals surface area contributed by atoms with E-state index in [1.165, 1.54) is 18.2 Å². The maximum absolute atomic E-state index is 13.6. The lowest BCUT2D eigenvalue weighted by Gasteiger charge is -2.25. The average Bonchev–Trinajstić information content (AvgIpc) is 3.17. The SMILES string of the molecule is COC(C1CC1)C(Cc1c(F)cccc1F)NN. The molecule has 1 aliphatic rings. The summed E-state index contributed by atoms with van der Waals surface area (Å²) >= 11 is 0. The molecule has 0 amide bonds. The molecule has 2 atom stereocenters. The molecule has 1 aliphatic carbocycles. The fourth-order valence-electron chi connectivity index (χ4n) is 2.33. The number of benzene rings is 1. The maximum Gasteiger partial charge on any atom is 0.129 e. The first-order valence-corrected chi connectivity index (χ1v) is 6.09. The van der Waals surface area contributed by atoms with E-state index in [4.69, 9.17) is 10.6 Å². The van der Waals surface area contributed by atoms with E-state index in [9.17, 15) is 8.78 Å². The fourth-order valence-corrected chi connectivity index (χ4v) is 2.33. The second-order valence-corrected chi connectivity index (χ2v) is 4.72. The summed E-state index contributed by atoms with van der Waals surface area (Å²) in [6.07, 6.45) is 2.24. The Bertz CT molecular complexity index is 390. The van der Waals surface area contributed by atoms with Crippen molar-refractivity contribution in [1.29, 1.82) is 0 Å². The largest absolute Gasteiger partial charge is 0.379 e. The fraction of sp³-hybridized carbons (Fsp3) is 0.538. The number of nitrogens with one attached hydrogen (secondary N) is 1. The van der Waals surface area contributed by atoms with Crippen molar-refractivity contribution >= 4 is 0 Å². The molecule has 2 rings (SSSR count). The van der Waals surface area contributed by atoms with Crippen molar-refractivity contribution in [3.63, 3.8) is 0 Å². The molecular formula is C13H18F2N2O. The predicted molar refractivity (Wildman–Crippen MR) is 64.7 cm³/mol. The van der Waals surface area contributed by atoms with E-state index < -0.39 is 11.6 Å². The molecule has 1 aromatic carbocycles. The van der Waals surface area contributed by atoms with Gasteiger partial charge in [-0.25, -0.2) is 8.78 Å². The van der Waals surface area contributed by atoms with E-state index in [0.29, 0.717) is 5.92 Å². The van der Waals surface area contributed by atoms with Crippen molar-refractivity contribution in [3.8, 4) is 0 Å². The highest BCUT2D eigenvalue weighted by molar-refractivity contribution is 5.21. The van der Waals surface area contributed by atoms with E-state index in [1.807, 2.05) is 0 Å². The van der Waals surface area contributed by atoms with Crippen LogP contribution in [0.4, 0.5) is 8.78 Å². The second kappa shape index (κ2) is 5.73. The van der Waals surface area contributed by atoms with Crippen LogP contribution < -0.4 is 11.3 Å². The summed E-state index contributed by atoms with van der Waals surface area (Å²) in [5, 5.41) is 0. The Balaban J connectivity index is 2.14. The third kappa shape index (κ3) is 2.85. The minimum atomic E-state index is -0.541. The minimum absolute atomic E-state index is 0.0585. The Morgan fingerprint density at radius 3 is 2.44 bits per heavy atom. The van der Waals surface area contributed by atoms with Crippen LogP contribution in [-0.4, -0.2) is 19.3 Å². The zero-order chi connectivity index (χ0) is 13.1. The lowest BCUT2D eigenvalue weighted by atomic mass is 9.98. The normalized spacial score (nSPS) is 18.7. The van der Waals surface area contributed by atoms with Crippen LogP contribution in [0.15, 0.2) is 18.2 Å². The number of nitrogens with two attached hydrogens (primary N) is 1. The summed E-state index contributed by atoms with van der Waals surface area (Å²) < 4.78 is 32.6. The highest BCUT2D eigenvalue weighted by atomic mass is 19.1. The zero-order valence-electron chi connectivity index (χ0n) is 10.3. The smallest absolute Gasteiger partial charge is 0.129 e. The van der Waals surface area contributed by atoms with Gasteiger partial charge in [0, 0.05) is 12.7 Å². The monoisotopic (exact) mass is 256 g/mol. The molecule has 1 aromatic rings. The third-order valence-corrected chi connectivity index (χ3v) is 3.46. The predicted octanol–water partition coefficient (Wildman–Crippen LogP) is 1.76. The Labute approximate surface area is 105 Å². The molecule has 100 valence electrons. The topological polar surface area (TPSA) is 47.3 Å². The quantitative estimate of drug-likeness (QED) is 0.602. The van der Waals surface area contributed by atoms with Crippen molar-refractivity contribution in [2.45, 2.75) is 31.4 Å². The third-order valence-electron chi connectivity index (χ3n) is 3.46. The van der Waals surface area contributed by atoms with Crippen LogP contribution in [0.3, 0.4) is 0 Å². The first-order chi connectivity index (χ1) is 8.67. The van der Waals surface area contributed by atoms with Gasteiger partial charge >= 0.3 is 0 Å². The van der Waals surface area contributed by atoms with Crippen LogP contribution in [-0.2, 0) is 11.2 Å². The van der Waals surface area contributed by atoms with E-state index in [1.54, 1.807) is 7.11 Å². The molecule has 18 heavy (non-hydrogen) atoms. The number of methoxy groups -OCH3 is 1. The van der Waals surface area contributed by atoms with Crippen LogP contribution >= 0.6 is 0 Å². The maximum atomic E-state index is 13.6. The Morgan fingerprint density at radius 2 is 2.00 bits per heavy atom. The summed E-state index contributed by atoms with van der Waals surface area (Å²) in [4.78, 5) is 0. The summed E-state index contributed by atoms with van der Waals surface area (Å²) in [7, 11) is 1.60. The summed E-state index contributed by atoms with van der Waals surface area (Å²) in [6.45, 7) is 0. The molecule has 0 heterocycles. The first-order valence-electron chi connectivity index (χ1n) is 6.09. The van der Waals surface area contributed by atoms with E-state index in [-0.39, 0.29) is 24.1 Å². The van der Waals surface area contributed by atoms with Crippen molar-refractivity contribution < 1.29 is 13.5 Å². The van der Waals surface area contributed by atoms with Gasteiger partial charge in [-0.05, 0) is 37.3 Å². The summed E-state index contributed by atoms with van der Waals surface area (Å²) in [5.74, 6) is 4.84. The van der Waals surface area contributed by atoms with Gasteiger partial charge < -0.3 is 4.74 Å². The van der Waals surface area contributed by atoms with Crippen LogP contribution in [0.1, 0.15) is 18.4 Å². The molecule has 0 aliphatic heterocycles. The van der Waals surface area contributed by atoms with Crippen LogP contribution in [0.2, 0.25) is 0 Å². The highest BCUT2D eigenvalue weighted by Gasteiger charge is 2.37. The molecule has 1 fully saturated rings. The second-order valence-electron chi connectivity index (χ2n) is 4.72. The standard InChI is InChI=1S/C13H18F2N2O/c1-18-13(8-5-6-8)12(17-16)7-9-10(14)3-2-4-11(9)15/h2-4,8,12-13,17H,5-7,16H2,1H3. The molecule has 1 saturated carbocycles. The first kappa shape index (κ1) is 13.4. The van der Waals surface area contributed by atoms with Crippen molar-refractivity contribution in [2.24, 2.45) is 11.8 Å². The molecule has 3 N–H and O–H groups in total. The number of rotatable bonds is 6. The van der Waals surface area contributed by atoms with Gasteiger partial charge in [0.05, 0.1) is 12.1 Å². The van der Waals surface area contributed by atoms with E-state index >= 15 is 0 Å².